The first-order valence-corrected chi connectivity index (χ1v) is 5.19. The molecule has 16 heavy (non-hydrogen) atoms. The number of hydrogen-bond acceptors (Lipinski definition) is 1. The number of rotatable bonds is 4. The van der Waals surface area contributed by atoms with Crippen LogP contribution in [0.15, 0.2) is 30.5 Å². The molecule has 2 amide bonds. The number of nitrogens with one attached hydrogen (secondary N) is 2. The van der Waals surface area contributed by atoms with Crippen molar-refractivity contribution in [2.75, 3.05) is 6.54 Å². The maximum atomic E-state index is 13.1. The van der Waals surface area contributed by atoms with Crippen LogP contribution in [0.3, 0.4) is 0 Å². The molecule has 1 aromatic rings. The summed E-state index contributed by atoms with van der Waals surface area (Å²) in [6.07, 6.45) is 3.81. The van der Waals surface area contributed by atoms with Crippen molar-refractivity contribution in [3.63, 3.8) is 0 Å². The lowest BCUT2D eigenvalue weighted by Gasteiger charge is -2.01. The SMILES string of the molecule is CCCNC(=O)N/C=C/c1ccccc1F. The molecular formula is C12H15FN2O. The van der Waals surface area contributed by atoms with Crippen molar-refractivity contribution in [1.29, 1.82) is 0 Å². The zero-order valence-electron chi connectivity index (χ0n) is 9.16. The van der Waals surface area contributed by atoms with Crippen molar-refractivity contribution in [3.8, 4) is 0 Å². The molecule has 3 nitrogen and oxygen atoms in total. The molecule has 0 radical (unpaired) electrons. The number of urea groups is 1. The van der Waals surface area contributed by atoms with Gasteiger partial charge in [-0.2, -0.15) is 0 Å². The first-order valence-electron chi connectivity index (χ1n) is 5.19. The number of hydrogen-bond donors (Lipinski definition) is 2. The predicted molar refractivity (Wildman–Crippen MR) is 62.3 cm³/mol. The fourth-order valence-electron chi connectivity index (χ4n) is 1.11. The average molecular weight is 222 g/mol. The maximum Gasteiger partial charge on any atom is 0.318 e. The smallest absolute Gasteiger partial charge is 0.318 e. The molecule has 1 rings (SSSR count). The molecule has 0 saturated heterocycles. The molecule has 4 heteroatoms. The normalized spacial score (nSPS) is 10.4. The second-order valence-corrected chi connectivity index (χ2v) is 3.26. The Bertz CT molecular complexity index is 377. The van der Waals surface area contributed by atoms with Gasteiger partial charge in [-0.1, -0.05) is 25.1 Å². The molecule has 0 atom stereocenters. The van der Waals surface area contributed by atoms with E-state index in [2.05, 4.69) is 10.6 Å². The van der Waals surface area contributed by atoms with E-state index in [0.29, 0.717) is 12.1 Å². The number of carbonyl (C=O) groups excluding carboxylic acids is 1. The van der Waals surface area contributed by atoms with E-state index in [-0.39, 0.29) is 11.8 Å². The molecule has 2 N–H and O–H groups in total. The molecule has 0 saturated carbocycles. The Morgan fingerprint density at radius 2 is 2.19 bits per heavy atom. The summed E-state index contributed by atoms with van der Waals surface area (Å²) in [4.78, 5) is 11.1. The third-order valence-electron chi connectivity index (χ3n) is 1.92. The molecule has 0 aliphatic heterocycles. The van der Waals surface area contributed by atoms with Crippen LogP contribution in [0.5, 0.6) is 0 Å². The van der Waals surface area contributed by atoms with E-state index in [4.69, 9.17) is 0 Å². The van der Waals surface area contributed by atoms with Gasteiger partial charge in [0.1, 0.15) is 5.82 Å². The van der Waals surface area contributed by atoms with E-state index in [1.807, 2.05) is 6.92 Å². The minimum absolute atomic E-state index is 0.283. The maximum absolute atomic E-state index is 13.1. The number of halogens is 1. The minimum Gasteiger partial charge on any atom is -0.338 e. The van der Waals surface area contributed by atoms with Crippen LogP contribution >= 0.6 is 0 Å². The highest BCUT2D eigenvalue weighted by Gasteiger charge is 1.96. The van der Waals surface area contributed by atoms with Gasteiger partial charge in [0, 0.05) is 18.3 Å². The Balaban J connectivity index is 2.43. The molecule has 0 spiro atoms. The number of carbonyl (C=O) groups is 1. The van der Waals surface area contributed by atoms with Crippen molar-refractivity contribution < 1.29 is 9.18 Å². The van der Waals surface area contributed by atoms with Crippen molar-refractivity contribution >= 4 is 12.1 Å². The first kappa shape index (κ1) is 12.2. The Labute approximate surface area is 94.4 Å². The highest BCUT2D eigenvalue weighted by atomic mass is 19.1. The van der Waals surface area contributed by atoms with Crippen molar-refractivity contribution in [2.24, 2.45) is 0 Å². The van der Waals surface area contributed by atoms with Gasteiger partial charge in [-0.05, 0) is 18.6 Å². The quantitative estimate of drug-likeness (QED) is 0.807. The molecule has 0 aromatic heterocycles. The van der Waals surface area contributed by atoms with E-state index in [0.717, 1.165) is 6.42 Å². The summed E-state index contributed by atoms with van der Waals surface area (Å²) in [5.41, 5.74) is 0.443. The van der Waals surface area contributed by atoms with Gasteiger partial charge in [0.25, 0.3) is 0 Å². The van der Waals surface area contributed by atoms with Crippen LogP contribution in [0.1, 0.15) is 18.9 Å². The van der Waals surface area contributed by atoms with E-state index in [1.54, 1.807) is 18.2 Å². The van der Waals surface area contributed by atoms with Crippen LogP contribution < -0.4 is 10.6 Å². The fourth-order valence-corrected chi connectivity index (χ4v) is 1.11. The zero-order valence-corrected chi connectivity index (χ0v) is 9.16. The fraction of sp³-hybridized carbons (Fsp3) is 0.250. The van der Waals surface area contributed by atoms with E-state index >= 15 is 0 Å². The summed E-state index contributed by atoms with van der Waals surface area (Å²) >= 11 is 0. The lowest BCUT2D eigenvalue weighted by molar-refractivity contribution is 0.244. The molecule has 86 valence electrons. The molecular weight excluding hydrogens is 207 g/mol. The van der Waals surface area contributed by atoms with Gasteiger partial charge < -0.3 is 10.6 Å². The summed E-state index contributed by atoms with van der Waals surface area (Å²) < 4.78 is 13.1. The van der Waals surface area contributed by atoms with Crippen LogP contribution in [-0.2, 0) is 0 Å². The van der Waals surface area contributed by atoms with Gasteiger partial charge >= 0.3 is 6.03 Å². The monoisotopic (exact) mass is 222 g/mol. The minimum atomic E-state index is -0.311. The zero-order chi connectivity index (χ0) is 11.8. The largest absolute Gasteiger partial charge is 0.338 e. The summed E-state index contributed by atoms with van der Waals surface area (Å²) in [6, 6.07) is 6.08. The second kappa shape index (κ2) is 6.61. The van der Waals surface area contributed by atoms with Gasteiger partial charge in [0.05, 0.1) is 0 Å². The third kappa shape index (κ3) is 4.13. The molecule has 0 fully saturated rings. The van der Waals surface area contributed by atoms with E-state index in [1.165, 1.54) is 18.3 Å². The van der Waals surface area contributed by atoms with Crippen LogP contribution in [0.25, 0.3) is 6.08 Å². The van der Waals surface area contributed by atoms with Crippen LogP contribution in [-0.4, -0.2) is 12.6 Å². The third-order valence-corrected chi connectivity index (χ3v) is 1.92. The average Bonchev–Trinajstić information content (AvgIpc) is 2.29. The van der Waals surface area contributed by atoms with Crippen molar-refractivity contribution in [2.45, 2.75) is 13.3 Å². The van der Waals surface area contributed by atoms with Crippen LogP contribution in [0.4, 0.5) is 9.18 Å². The van der Waals surface area contributed by atoms with Gasteiger partial charge in [-0.15, -0.1) is 0 Å². The number of amides is 2. The lowest BCUT2D eigenvalue weighted by atomic mass is 10.2. The highest BCUT2D eigenvalue weighted by Crippen LogP contribution is 2.07. The standard InChI is InChI=1S/C12H15FN2O/c1-2-8-14-12(16)15-9-7-10-5-3-4-6-11(10)13/h3-7,9H,2,8H2,1H3,(H2,14,15,16)/b9-7+. The summed E-state index contributed by atoms with van der Waals surface area (Å²) in [7, 11) is 0. The molecule has 0 unspecified atom stereocenters. The van der Waals surface area contributed by atoms with E-state index in [9.17, 15) is 9.18 Å². The molecule has 0 heterocycles. The van der Waals surface area contributed by atoms with Crippen molar-refractivity contribution in [1.82, 2.24) is 10.6 Å². The van der Waals surface area contributed by atoms with Gasteiger partial charge in [-0.25, -0.2) is 9.18 Å². The van der Waals surface area contributed by atoms with E-state index < -0.39 is 0 Å². The molecule has 1 aromatic carbocycles. The lowest BCUT2D eigenvalue weighted by Crippen LogP contribution is -2.32. The Morgan fingerprint density at radius 3 is 2.88 bits per heavy atom. The molecule has 0 bridgehead atoms. The van der Waals surface area contributed by atoms with Crippen LogP contribution in [0, 0.1) is 5.82 Å². The van der Waals surface area contributed by atoms with Gasteiger partial charge in [0.15, 0.2) is 0 Å². The van der Waals surface area contributed by atoms with Gasteiger partial charge in [-0.3, -0.25) is 0 Å². The second-order valence-electron chi connectivity index (χ2n) is 3.26. The predicted octanol–water partition coefficient (Wildman–Crippen LogP) is 2.51. The molecule has 0 aliphatic rings. The van der Waals surface area contributed by atoms with Crippen molar-refractivity contribution in [3.05, 3.63) is 41.8 Å². The summed E-state index contributed by atoms with van der Waals surface area (Å²) in [5.74, 6) is -0.311. The first-order chi connectivity index (χ1) is 7.74. The Hall–Kier alpha value is -1.84. The highest BCUT2D eigenvalue weighted by molar-refractivity contribution is 5.75. The Kier molecular flexibility index (Phi) is 5.05. The number of benzene rings is 1. The van der Waals surface area contributed by atoms with Gasteiger partial charge in [0.2, 0.25) is 0 Å². The topological polar surface area (TPSA) is 41.1 Å². The van der Waals surface area contributed by atoms with Crippen LogP contribution in [0.2, 0.25) is 0 Å². The molecule has 0 aliphatic carbocycles. The summed E-state index contributed by atoms with van der Waals surface area (Å²) in [5, 5.41) is 5.13. The Morgan fingerprint density at radius 1 is 1.44 bits per heavy atom. The summed E-state index contributed by atoms with van der Waals surface area (Å²) in [6.45, 7) is 2.59.